The number of aryl methyl sites for hydroxylation is 1. The van der Waals surface area contributed by atoms with Crippen molar-refractivity contribution in [3.05, 3.63) is 23.4 Å². The normalized spacial score (nSPS) is 11.6. The number of ether oxygens (including phenoxy) is 1. The maximum Gasteiger partial charge on any atom is 0.213 e. The van der Waals surface area contributed by atoms with Crippen molar-refractivity contribution in [2.75, 3.05) is 13.2 Å². The highest BCUT2D eigenvalue weighted by Gasteiger charge is 2.13. The molecule has 1 aromatic heterocycles. The standard InChI is InChI=1S/C15H25ClN2O/c1-11(2)18(12(3)4)6-7-19-15-9-14(10-16)8-13(5)17-15/h8-9,11-12H,6-7,10H2,1-5H3. The Hall–Kier alpha value is -0.800. The molecule has 1 heterocycles. The van der Waals surface area contributed by atoms with Gasteiger partial charge in [0.1, 0.15) is 6.61 Å². The molecule has 0 aliphatic heterocycles. The summed E-state index contributed by atoms with van der Waals surface area (Å²) in [6, 6.07) is 4.93. The SMILES string of the molecule is Cc1cc(CCl)cc(OCCN(C(C)C)C(C)C)n1. The molecule has 0 aliphatic carbocycles. The number of hydrogen-bond donors (Lipinski definition) is 0. The Balaban J connectivity index is 2.55. The van der Waals surface area contributed by atoms with Crippen molar-refractivity contribution in [2.24, 2.45) is 0 Å². The molecule has 0 aromatic carbocycles. The minimum absolute atomic E-state index is 0.490. The summed E-state index contributed by atoms with van der Waals surface area (Å²) >= 11 is 5.85. The van der Waals surface area contributed by atoms with E-state index in [0.29, 0.717) is 30.5 Å². The monoisotopic (exact) mass is 284 g/mol. The van der Waals surface area contributed by atoms with Crippen LogP contribution < -0.4 is 4.74 Å². The summed E-state index contributed by atoms with van der Waals surface area (Å²) in [5.41, 5.74) is 1.99. The molecule has 108 valence electrons. The van der Waals surface area contributed by atoms with Gasteiger partial charge in [0.05, 0.1) is 0 Å². The quantitative estimate of drug-likeness (QED) is 0.715. The van der Waals surface area contributed by atoms with E-state index in [0.717, 1.165) is 17.8 Å². The molecule has 0 fully saturated rings. The Morgan fingerprint density at radius 1 is 1.21 bits per heavy atom. The molecule has 4 heteroatoms. The van der Waals surface area contributed by atoms with Gasteiger partial charge >= 0.3 is 0 Å². The van der Waals surface area contributed by atoms with Crippen LogP contribution in [0.1, 0.15) is 39.0 Å². The van der Waals surface area contributed by atoms with Crippen molar-refractivity contribution >= 4 is 11.6 Å². The Kier molecular flexibility index (Phi) is 6.59. The minimum atomic E-state index is 0.490. The van der Waals surface area contributed by atoms with E-state index in [2.05, 4.69) is 37.6 Å². The fraction of sp³-hybridized carbons (Fsp3) is 0.667. The van der Waals surface area contributed by atoms with E-state index in [1.54, 1.807) is 0 Å². The van der Waals surface area contributed by atoms with Crippen LogP contribution in [0.2, 0.25) is 0 Å². The van der Waals surface area contributed by atoms with Crippen LogP contribution in [0.15, 0.2) is 12.1 Å². The predicted octanol–water partition coefficient (Wildman–Crippen LogP) is 3.63. The smallest absolute Gasteiger partial charge is 0.213 e. The first kappa shape index (κ1) is 16.3. The van der Waals surface area contributed by atoms with Crippen molar-refractivity contribution in [3.63, 3.8) is 0 Å². The second kappa shape index (κ2) is 7.71. The number of nitrogens with zero attached hydrogens (tertiary/aromatic N) is 2. The molecule has 1 aromatic rings. The zero-order valence-electron chi connectivity index (χ0n) is 12.6. The Bertz CT molecular complexity index is 386. The van der Waals surface area contributed by atoms with Crippen LogP contribution in [0.5, 0.6) is 5.88 Å². The van der Waals surface area contributed by atoms with Gasteiger partial charge in [-0.25, -0.2) is 4.98 Å². The Labute approximate surface area is 121 Å². The van der Waals surface area contributed by atoms with Gasteiger partial charge in [-0.15, -0.1) is 11.6 Å². The second-order valence-corrected chi connectivity index (χ2v) is 5.63. The van der Waals surface area contributed by atoms with E-state index in [1.165, 1.54) is 0 Å². The maximum atomic E-state index is 5.85. The van der Waals surface area contributed by atoms with Gasteiger partial charge in [-0.3, -0.25) is 4.90 Å². The maximum absolute atomic E-state index is 5.85. The van der Waals surface area contributed by atoms with Gasteiger partial charge in [0.15, 0.2) is 0 Å². The number of aromatic nitrogens is 1. The third kappa shape index (κ3) is 5.37. The van der Waals surface area contributed by atoms with Crippen LogP contribution in [0.3, 0.4) is 0 Å². The number of halogens is 1. The summed E-state index contributed by atoms with van der Waals surface area (Å²) in [7, 11) is 0. The van der Waals surface area contributed by atoms with E-state index in [4.69, 9.17) is 16.3 Å². The van der Waals surface area contributed by atoms with E-state index in [1.807, 2.05) is 19.1 Å². The predicted molar refractivity (Wildman–Crippen MR) is 81.0 cm³/mol. The highest BCUT2D eigenvalue weighted by molar-refractivity contribution is 6.17. The number of hydrogen-bond acceptors (Lipinski definition) is 3. The molecule has 0 radical (unpaired) electrons. The van der Waals surface area contributed by atoms with Crippen molar-refractivity contribution in [2.45, 2.75) is 52.6 Å². The average Bonchev–Trinajstić information content (AvgIpc) is 2.32. The molecule has 0 aliphatic rings. The molecule has 0 amide bonds. The van der Waals surface area contributed by atoms with Gasteiger partial charge in [-0.2, -0.15) is 0 Å². The molecule has 1 rings (SSSR count). The van der Waals surface area contributed by atoms with Crippen molar-refractivity contribution < 1.29 is 4.74 Å². The fourth-order valence-electron chi connectivity index (χ4n) is 2.23. The molecule has 19 heavy (non-hydrogen) atoms. The average molecular weight is 285 g/mol. The van der Waals surface area contributed by atoms with Gasteiger partial charge in [0, 0.05) is 36.3 Å². The number of pyridine rings is 1. The fourth-order valence-corrected chi connectivity index (χ4v) is 2.38. The first-order valence-corrected chi connectivity index (χ1v) is 7.39. The summed E-state index contributed by atoms with van der Waals surface area (Å²) in [6.45, 7) is 12.3. The van der Waals surface area contributed by atoms with E-state index in [-0.39, 0.29) is 0 Å². The minimum Gasteiger partial charge on any atom is -0.476 e. The number of rotatable bonds is 7. The van der Waals surface area contributed by atoms with Gasteiger partial charge < -0.3 is 4.74 Å². The summed E-state index contributed by atoms with van der Waals surface area (Å²) in [4.78, 5) is 6.77. The lowest BCUT2D eigenvalue weighted by molar-refractivity contribution is 0.140. The molecular weight excluding hydrogens is 260 g/mol. The van der Waals surface area contributed by atoms with Gasteiger partial charge in [0.2, 0.25) is 5.88 Å². The first-order valence-electron chi connectivity index (χ1n) is 6.86. The van der Waals surface area contributed by atoms with Crippen molar-refractivity contribution in [3.8, 4) is 5.88 Å². The largest absolute Gasteiger partial charge is 0.476 e. The van der Waals surface area contributed by atoms with Crippen LogP contribution in [-0.4, -0.2) is 35.1 Å². The zero-order chi connectivity index (χ0) is 14.4. The lowest BCUT2D eigenvalue weighted by Gasteiger charge is -2.30. The second-order valence-electron chi connectivity index (χ2n) is 5.36. The first-order chi connectivity index (χ1) is 8.93. The molecule has 0 saturated carbocycles. The van der Waals surface area contributed by atoms with Crippen LogP contribution in [0.25, 0.3) is 0 Å². The van der Waals surface area contributed by atoms with Crippen LogP contribution in [0, 0.1) is 6.92 Å². The zero-order valence-corrected chi connectivity index (χ0v) is 13.4. The molecule has 0 bridgehead atoms. The topological polar surface area (TPSA) is 25.4 Å². The summed E-state index contributed by atoms with van der Waals surface area (Å²) < 4.78 is 5.75. The van der Waals surface area contributed by atoms with Crippen LogP contribution in [-0.2, 0) is 5.88 Å². The molecule has 3 nitrogen and oxygen atoms in total. The van der Waals surface area contributed by atoms with Gasteiger partial charge in [-0.05, 0) is 46.2 Å². The van der Waals surface area contributed by atoms with Gasteiger partial charge in [0.25, 0.3) is 0 Å². The molecular formula is C15H25ClN2O. The summed E-state index contributed by atoms with van der Waals surface area (Å²) in [5, 5.41) is 0. The summed E-state index contributed by atoms with van der Waals surface area (Å²) in [6.07, 6.45) is 0. The highest BCUT2D eigenvalue weighted by atomic mass is 35.5. The lowest BCUT2D eigenvalue weighted by Crippen LogP contribution is -2.39. The summed E-state index contributed by atoms with van der Waals surface area (Å²) in [5.74, 6) is 1.16. The number of alkyl halides is 1. The van der Waals surface area contributed by atoms with Crippen LogP contribution >= 0.6 is 11.6 Å². The Morgan fingerprint density at radius 3 is 2.37 bits per heavy atom. The lowest BCUT2D eigenvalue weighted by atomic mass is 10.2. The van der Waals surface area contributed by atoms with Gasteiger partial charge in [-0.1, -0.05) is 0 Å². The molecule has 0 atom stereocenters. The third-order valence-corrected chi connectivity index (χ3v) is 3.38. The molecule has 0 N–H and O–H groups in total. The molecule has 0 saturated heterocycles. The van der Waals surface area contributed by atoms with Crippen molar-refractivity contribution in [1.29, 1.82) is 0 Å². The molecule has 0 unspecified atom stereocenters. The van der Waals surface area contributed by atoms with E-state index in [9.17, 15) is 0 Å². The Morgan fingerprint density at radius 2 is 1.84 bits per heavy atom. The van der Waals surface area contributed by atoms with Crippen LogP contribution in [0.4, 0.5) is 0 Å². The van der Waals surface area contributed by atoms with Crippen molar-refractivity contribution in [1.82, 2.24) is 9.88 Å². The van der Waals surface area contributed by atoms with E-state index < -0.39 is 0 Å². The van der Waals surface area contributed by atoms with E-state index >= 15 is 0 Å². The molecule has 0 spiro atoms. The highest BCUT2D eigenvalue weighted by Crippen LogP contribution is 2.14. The third-order valence-electron chi connectivity index (χ3n) is 3.07.